The molecule has 2 amide bonds. The van der Waals surface area contributed by atoms with Crippen molar-refractivity contribution in [1.29, 1.82) is 0 Å². The fourth-order valence-corrected chi connectivity index (χ4v) is 2.90. The molecule has 0 unspecified atom stereocenters. The maximum atomic E-state index is 12.2. The first-order valence-corrected chi connectivity index (χ1v) is 10.3. The van der Waals surface area contributed by atoms with Crippen LogP contribution in [0.15, 0.2) is 42.5 Å². The van der Waals surface area contributed by atoms with Crippen LogP contribution in [0.1, 0.15) is 44.7 Å². The topological polar surface area (TPSA) is 79.5 Å². The molecule has 0 spiro atoms. The Morgan fingerprint density at radius 1 is 1.00 bits per heavy atom. The molecule has 2 rings (SSSR count). The second kappa shape index (κ2) is 10.7. The molecular formula is C23H29N3O3S. The standard InChI is InChI=1S/C23H29N3O3S/c1-14(2)19-10-9-16(5)11-20(19)29-13-21(27)26-23(30)25-18-8-6-7-17(12-18)24-22(28)15(3)4/h6-12,14-15H,13H2,1-5H3,(H,24,28)(H2,25,26,27,30). The highest BCUT2D eigenvalue weighted by atomic mass is 32.1. The Morgan fingerprint density at radius 3 is 2.30 bits per heavy atom. The van der Waals surface area contributed by atoms with Crippen LogP contribution in [0.3, 0.4) is 0 Å². The van der Waals surface area contributed by atoms with Crippen molar-refractivity contribution in [1.82, 2.24) is 5.32 Å². The van der Waals surface area contributed by atoms with Crippen LogP contribution in [0.4, 0.5) is 11.4 Å². The summed E-state index contributed by atoms with van der Waals surface area (Å²) in [6, 6.07) is 13.1. The highest BCUT2D eigenvalue weighted by molar-refractivity contribution is 7.80. The van der Waals surface area contributed by atoms with Crippen molar-refractivity contribution in [3.8, 4) is 5.75 Å². The van der Waals surface area contributed by atoms with E-state index in [9.17, 15) is 9.59 Å². The number of benzene rings is 2. The number of thiocarbonyl (C=S) groups is 1. The average molecular weight is 428 g/mol. The molecule has 0 saturated heterocycles. The van der Waals surface area contributed by atoms with Gasteiger partial charge in [-0.1, -0.05) is 45.9 Å². The summed E-state index contributed by atoms with van der Waals surface area (Å²) in [5, 5.41) is 8.53. The second-order valence-electron chi connectivity index (χ2n) is 7.71. The molecule has 0 fully saturated rings. The Labute approximate surface area is 183 Å². The number of hydrogen-bond donors (Lipinski definition) is 3. The van der Waals surface area contributed by atoms with Crippen molar-refractivity contribution >= 4 is 40.5 Å². The molecule has 0 aliphatic heterocycles. The van der Waals surface area contributed by atoms with Crippen LogP contribution in [0.2, 0.25) is 0 Å². The van der Waals surface area contributed by atoms with Gasteiger partial charge in [-0.05, 0) is 60.5 Å². The predicted octanol–water partition coefficient (Wildman–Crippen LogP) is 4.60. The Hall–Kier alpha value is -2.93. The molecule has 30 heavy (non-hydrogen) atoms. The SMILES string of the molecule is Cc1ccc(C(C)C)c(OCC(=O)NC(=S)Nc2cccc(NC(=O)C(C)C)c2)c1. The van der Waals surface area contributed by atoms with Crippen LogP contribution in [0.5, 0.6) is 5.75 Å². The minimum atomic E-state index is -0.354. The summed E-state index contributed by atoms with van der Waals surface area (Å²) < 4.78 is 5.73. The molecule has 2 aromatic rings. The molecule has 0 aliphatic rings. The van der Waals surface area contributed by atoms with Crippen molar-refractivity contribution < 1.29 is 14.3 Å². The lowest BCUT2D eigenvalue weighted by atomic mass is 10.0. The summed E-state index contributed by atoms with van der Waals surface area (Å²) in [7, 11) is 0. The number of hydrogen-bond acceptors (Lipinski definition) is 4. The zero-order chi connectivity index (χ0) is 22.3. The fraction of sp³-hybridized carbons (Fsp3) is 0.348. The maximum absolute atomic E-state index is 12.2. The lowest BCUT2D eigenvalue weighted by Gasteiger charge is -2.15. The van der Waals surface area contributed by atoms with E-state index >= 15 is 0 Å². The molecule has 0 aliphatic carbocycles. The van der Waals surface area contributed by atoms with E-state index in [4.69, 9.17) is 17.0 Å². The van der Waals surface area contributed by atoms with Gasteiger partial charge < -0.3 is 15.4 Å². The number of ether oxygens (including phenoxy) is 1. The van der Waals surface area contributed by atoms with Crippen LogP contribution >= 0.6 is 12.2 Å². The van der Waals surface area contributed by atoms with E-state index < -0.39 is 0 Å². The van der Waals surface area contributed by atoms with E-state index in [1.165, 1.54) is 0 Å². The Bertz CT molecular complexity index is 926. The smallest absolute Gasteiger partial charge is 0.264 e. The summed E-state index contributed by atoms with van der Waals surface area (Å²) in [4.78, 5) is 24.1. The maximum Gasteiger partial charge on any atom is 0.264 e. The van der Waals surface area contributed by atoms with Gasteiger partial charge in [0.15, 0.2) is 11.7 Å². The number of nitrogens with one attached hydrogen (secondary N) is 3. The minimum absolute atomic E-state index is 0.0721. The largest absolute Gasteiger partial charge is 0.483 e. The van der Waals surface area contributed by atoms with Crippen molar-refractivity contribution in [2.75, 3.05) is 17.2 Å². The van der Waals surface area contributed by atoms with Gasteiger partial charge in [-0.25, -0.2) is 0 Å². The molecule has 0 heterocycles. The van der Waals surface area contributed by atoms with Crippen molar-refractivity contribution in [2.45, 2.75) is 40.5 Å². The second-order valence-corrected chi connectivity index (χ2v) is 8.12. The number of rotatable bonds is 7. The van der Waals surface area contributed by atoms with Crippen LogP contribution in [0, 0.1) is 12.8 Å². The zero-order valence-electron chi connectivity index (χ0n) is 18.0. The lowest BCUT2D eigenvalue weighted by Crippen LogP contribution is -2.37. The molecule has 0 radical (unpaired) electrons. The van der Waals surface area contributed by atoms with Gasteiger partial charge in [-0.3, -0.25) is 14.9 Å². The fourth-order valence-electron chi connectivity index (χ4n) is 2.67. The summed E-state index contributed by atoms with van der Waals surface area (Å²) in [6.07, 6.45) is 0. The first-order chi connectivity index (χ1) is 14.2. The molecule has 0 atom stereocenters. The van der Waals surface area contributed by atoms with Crippen LogP contribution < -0.4 is 20.7 Å². The Balaban J connectivity index is 1.91. The van der Waals surface area contributed by atoms with Gasteiger partial charge in [0.25, 0.3) is 5.91 Å². The van der Waals surface area contributed by atoms with Gasteiger partial charge in [0.2, 0.25) is 5.91 Å². The third-order valence-corrected chi connectivity index (χ3v) is 4.52. The molecule has 7 heteroatoms. The van der Waals surface area contributed by atoms with E-state index in [1.54, 1.807) is 24.3 Å². The van der Waals surface area contributed by atoms with Crippen molar-refractivity contribution in [2.24, 2.45) is 5.92 Å². The average Bonchev–Trinajstić information content (AvgIpc) is 2.66. The monoisotopic (exact) mass is 427 g/mol. The first-order valence-electron chi connectivity index (χ1n) is 9.90. The van der Waals surface area contributed by atoms with Gasteiger partial charge in [0, 0.05) is 17.3 Å². The third kappa shape index (κ3) is 7.15. The van der Waals surface area contributed by atoms with Gasteiger partial charge in [-0.15, -0.1) is 0 Å². The molecule has 0 saturated carbocycles. The lowest BCUT2D eigenvalue weighted by molar-refractivity contribution is -0.121. The highest BCUT2D eigenvalue weighted by Crippen LogP contribution is 2.27. The number of anilines is 2. The van der Waals surface area contributed by atoms with Crippen molar-refractivity contribution in [3.63, 3.8) is 0 Å². The number of aryl methyl sites for hydroxylation is 1. The molecule has 2 aromatic carbocycles. The van der Waals surface area contributed by atoms with E-state index in [0.29, 0.717) is 17.1 Å². The number of amides is 2. The zero-order valence-corrected chi connectivity index (χ0v) is 18.9. The van der Waals surface area contributed by atoms with E-state index in [0.717, 1.165) is 11.1 Å². The normalized spacial score (nSPS) is 10.6. The molecule has 0 bridgehead atoms. The minimum Gasteiger partial charge on any atom is -0.483 e. The quantitative estimate of drug-likeness (QED) is 0.563. The Morgan fingerprint density at radius 2 is 1.67 bits per heavy atom. The van der Waals surface area contributed by atoms with E-state index in [-0.39, 0.29) is 35.4 Å². The van der Waals surface area contributed by atoms with Crippen LogP contribution in [-0.4, -0.2) is 23.5 Å². The third-order valence-electron chi connectivity index (χ3n) is 4.32. The summed E-state index contributed by atoms with van der Waals surface area (Å²) >= 11 is 5.22. The molecule has 0 aromatic heterocycles. The molecule has 160 valence electrons. The number of carbonyl (C=O) groups excluding carboxylic acids is 2. The molecular weight excluding hydrogens is 398 g/mol. The van der Waals surface area contributed by atoms with Gasteiger partial charge >= 0.3 is 0 Å². The summed E-state index contributed by atoms with van der Waals surface area (Å²) in [5.41, 5.74) is 3.42. The highest BCUT2D eigenvalue weighted by Gasteiger charge is 2.12. The van der Waals surface area contributed by atoms with E-state index in [1.807, 2.05) is 39.0 Å². The molecule has 3 N–H and O–H groups in total. The predicted molar refractivity (Wildman–Crippen MR) is 125 cm³/mol. The van der Waals surface area contributed by atoms with E-state index in [2.05, 4.69) is 29.8 Å². The first kappa shape index (κ1) is 23.3. The number of carbonyl (C=O) groups is 2. The van der Waals surface area contributed by atoms with Gasteiger partial charge in [-0.2, -0.15) is 0 Å². The molecule has 6 nitrogen and oxygen atoms in total. The van der Waals surface area contributed by atoms with Crippen molar-refractivity contribution in [3.05, 3.63) is 53.6 Å². The summed E-state index contributed by atoms with van der Waals surface area (Å²) in [5.74, 6) is 0.444. The van der Waals surface area contributed by atoms with Crippen LogP contribution in [-0.2, 0) is 9.59 Å². The Kier molecular flexibility index (Phi) is 8.35. The van der Waals surface area contributed by atoms with Gasteiger partial charge in [0.05, 0.1) is 0 Å². The van der Waals surface area contributed by atoms with Gasteiger partial charge in [0.1, 0.15) is 5.75 Å². The summed E-state index contributed by atoms with van der Waals surface area (Å²) in [6.45, 7) is 9.64. The van der Waals surface area contributed by atoms with Crippen LogP contribution in [0.25, 0.3) is 0 Å².